The van der Waals surface area contributed by atoms with Crippen molar-refractivity contribution in [3.05, 3.63) is 18.2 Å². The summed E-state index contributed by atoms with van der Waals surface area (Å²) < 4.78 is 2.33. The van der Waals surface area contributed by atoms with Crippen LogP contribution in [0.25, 0.3) is 0 Å². The van der Waals surface area contributed by atoms with Crippen LogP contribution >= 0.6 is 0 Å². The maximum Gasteiger partial charge on any atom is 0.109 e. The molecule has 1 aromatic heterocycles. The molecule has 1 heterocycles. The number of aromatic nitrogens is 2. The summed E-state index contributed by atoms with van der Waals surface area (Å²) in [5.41, 5.74) is 0.433. The average molecular weight is 263 g/mol. The molecule has 19 heavy (non-hydrogen) atoms. The van der Waals surface area contributed by atoms with E-state index in [1.165, 1.54) is 37.9 Å². The first kappa shape index (κ1) is 14.6. The van der Waals surface area contributed by atoms with Crippen molar-refractivity contribution in [2.24, 2.45) is 5.41 Å². The molecule has 2 atom stereocenters. The topological polar surface area (TPSA) is 29.9 Å². The first-order chi connectivity index (χ1) is 9.17. The van der Waals surface area contributed by atoms with Crippen LogP contribution in [-0.4, -0.2) is 22.1 Å². The molecule has 0 aliphatic heterocycles. The summed E-state index contributed by atoms with van der Waals surface area (Å²) in [6.07, 6.45) is 11.6. The van der Waals surface area contributed by atoms with Crippen LogP contribution in [0.3, 0.4) is 0 Å². The van der Waals surface area contributed by atoms with Gasteiger partial charge in [0.15, 0.2) is 0 Å². The van der Waals surface area contributed by atoms with Crippen molar-refractivity contribution in [1.29, 1.82) is 0 Å². The van der Waals surface area contributed by atoms with Crippen LogP contribution in [0.2, 0.25) is 0 Å². The Balaban J connectivity index is 1.93. The Bertz CT molecular complexity index is 385. The van der Waals surface area contributed by atoms with Gasteiger partial charge in [-0.15, -0.1) is 0 Å². The first-order valence-corrected chi connectivity index (χ1v) is 7.90. The molecule has 1 aliphatic carbocycles. The van der Waals surface area contributed by atoms with Crippen molar-refractivity contribution >= 4 is 0 Å². The van der Waals surface area contributed by atoms with Gasteiger partial charge in [-0.2, -0.15) is 0 Å². The zero-order valence-electron chi connectivity index (χ0n) is 12.8. The number of rotatable bonds is 7. The quantitative estimate of drug-likeness (QED) is 0.817. The minimum atomic E-state index is 0.433. The van der Waals surface area contributed by atoms with E-state index in [1.54, 1.807) is 0 Å². The highest BCUT2D eigenvalue weighted by molar-refractivity contribution is 5.01. The van der Waals surface area contributed by atoms with Gasteiger partial charge in [-0.05, 0) is 44.1 Å². The summed E-state index contributed by atoms with van der Waals surface area (Å²) in [6, 6.07) is 0.722. The second kappa shape index (κ2) is 6.56. The molecule has 0 radical (unpaired) electrons. The lowest BCUT2D eigenvalue weighted by Crippen LogP contribution is -2.29. The van der Waals surface area contributed by atoms with Crippen LogP contribution in [0.5, 0.6) is 0 Å². The molecule has 3 heteroatoms. The van der Waals surface area contributed by atoms with Crippen LogP contribution in [0.1, 0.15) is 58.7 Å². The second-order valence-corrected chi connectivity index (χ2v) is 6.42. The van der Waals surface area contributed by atoms with Crippen LogP contribution in [0, 0.1) is 5.41 Å². The van der Waals surface area contributed by atoms with Crippen LogP contribution in [-0.2, 0) is 13.0 Å². The highest BCUT2D eigenvalue weighted by Gasteiger charge is 2.35. The Morgan fingerprint density at radius 2 is 2.26 bits per heavy atom. The molecule has 0 bridgehead atoms. The molecule has 0 spiro atoms. The molecule has 3 nitrogen and oxygen atoms in total. The van der Waals surface area contributed by atoms with Crippen LogP contribution in [0.4, 0.5) is 0 Å². The highest BCUT2D eigenvalue weighted by atomic mass is 15.1. The molecule has 0 amide bonds. The van der Waals surface area contributed by atoms with Crippen molar-refractivity contribution in [2.45, 2.75) is 71.9 Å². The lowest BCUT2D eigenvalue weighted by atomic mass is 9.84. The Labute approximate surface area is 117 Å². The van der Waals surface area contributed by atoms with Gasteiger partial charge in [0, 0.05) is 31.4 Å². The first-order valence-electron chi connectivity index (χ1n) is 7.90. The van der Waals surface area contributed by atoms with Gasteiger partial charge in [0.25, 0.3) is 0 Å². The number of hydrogen-bond donors (Lipinski definition) is 1. The highest BCUT2D eigenvalue weighted by Crippen LogP contribution is 2.40. The van der Waals surface area contributed by atoms with Crippen molar-refractivity contribution in [3.63, 3.8) is 0 Å². The summed E-state index contributed by atoms with van der Waals surface area (Å²) in [5, 5.41) is 3.68. The maximum absolute atomic E-state index is 4.57. The van der Waals surface area contributed by atoms with E-state index in [0.717, 1.165) is 25.6 Å². The van der Waals surface area contributed by atoms with Crippen molar-refractivity contribution in [1.82, 2.24) is 14.9 Å². The van der Waals surface area contributed by atoms with Gasteiger partial charge in [0.1, 0.15) is 5.82 Å². The summed E-state index contributed by atoms with van der Waals surface area (Å²) in [4.78, 5) is 4.57. The predicted octanol–water partition coefficient (Wildman–Crippen LogP) is 3.39. The Morgan fingerprint density at radius 1 is 1.42 bits per heavy atom. The SMILES string of the molecule is CCCNC1CCC(C)(Cc2nccn2CCC)C1. The molecule has 1 aromatic rings. The fraction of sp³-hybridized carbons (Fsp3) is 0.812. The van der Waals surface area contributed by atoms with Gasteiger partial charge >= 0.3 is 0 Å². The molecule has 1 fully saturated rings. The third kappa shape index (κ3) is 3.82. The van der Waals surface area contributed by atoms with E-state index >= 15 is 0 Å². The van der Waals surface area contributed by atoms with Gasteiger partial charge in [0.05, 0.1) is 0 Å². The fourth-order valence-corrected chi connectivity index (χ4v) is 3.34. The maximum atomic E-state index is 4.57. The molecular formula is C16H29N3. The third-order valence-electron chi connectivity index (χ3n) is 4.37. The summed E-state index contributed by atoms with van der Waals surface area (Å²) in [5.74, 6) is 1.28. The van der Waals surface area contributed by atoms with Crippen molar-refractivity contribution < 1.29 is 0 Å². The standard InChI is InChI=1S/C16H29N3/c1-4-8-17-14-6-7-16(3,12-14)13-15-18-9-11-19(15)10-5-2/h9,11,14,17H,4-8,10,12-13H2,1-3H3. The Hall–Kier alpha value is -0.830. The van der Waals surface area contributed by atoms with E-state index < -0.39 is 0 Å². The monoisotopic (exact) mass is 263 g/mol. The van der Waals surface area contributed by atoms with Crippen molar-refractivity contribution in [2.75, 3.05) is 6.54 Å². The zero-order chi connectivity index (χ0) is 13.7. The molecule has 2 rings (SSSR count). The van der Waals surface area contributed by atoms with E-state index in [1.807, 2.05) is 6.20 Å². The van der Waals surface area contributed by atoms with E-state index in [0.29, 0.717) is 5.41 Å². The average Bonchev–Trinajstić information content (AvgIpc) is 2.96. The lowest BCUT2D eigenvalue weighted by molar-refractivity contribution is 0.310. The van der Waals surface area contributed by atoms with E-state index in [4.69, 9.17) is 0 Å². The molecule has 0 saturated heterocycles. The van der Waals surface area contributed by atoms with E-state index in [2.05, 4.69) is 41.8 Å². The van der Waals surface area contributed by atoms with Crippen LogP contribution in [0.15, 0.2) is 12.4 Å². The molecule has 1 N–H and O–H groups in total. The predicted molar refractivity (Wildman–Crippen MR) is 80.3 cm³/mol. The van der Waals surface area contributed by atoms with E-state index in [9.17, 15) is 0 Å². The second-order valence-electron chi connectivity index (χ2n) is 6.42. The molecule has 2 unspecified atom stereocenters. The number of aryl methyl sites for hydroxylation is 1. The minimum Gasteiger partial charge on any atom is -0.335 e. The fourth-order valence-electron chi connectivity index (χ4n) is 3.34. The van der Waals surface area contributed by atoms with Crippen molar-refractivity contribution in [3.8, 4) is 0 Å². The molecule has 108 valence electrons. The summed E-state index contributed by atoms with van der Waals surface area (Å²) in [7, 11) is 0. The number of nitrogens with zero attached hydrogens (tertiary/aromatic N) is 2. The third-order valence-corrected chi connectivity index (χ3v) is 4.37. The van der Waals surface area contributed by atoms with Crippen LogP contribution < -0.4 is 5.32 Å². The van der Waals surface area contributed by atoms with Gasteiger partial charge in [-0.25, -0.2) is 4.98 Å². The van der Waals surface area contributed by atoms with Gasteiger partial charge in [-0.3, -0.25) is 0 Å². The molecule has 1 saturated carbocycles. The number of nitrogens with one attached hydrogen (secondary N) is 1. The van der Waals surface area contributed by atoms with Gasteiger partial charge in [0.2, 0.25) is 0 Å². The van der Waals surface area contributed by atoms with Gasteiger partial charge < -0.3 is 9.88 Å². The summed E-state index contributed by atoms with van der Waals surface area (Å²) in [6.45, 7) is 9.16. The zero-order valence-corrected chi connectivity index (χ0v) is 12.8. The Kier molecular flexibility index (Phi) is 5.03. The van der Waals surface area contributed by atoms with Gasteiger partial charge in [-0.1, -0.05) is 20.8 Å². The summed E-state index contributed by atoms with van der Waals surface area (Å²) >= 11 is 0. The molecular weight excluding hydrogens is 234 g/mol. The Morgan fingerprint density at radius 3 is 3.00 bits per heavy atom. The largest absolute Gasteiger partial charge is 0.335 e. The lowest BCUT2D eigenvalue weighted by Gasteiger charge is -2.24. The number of hydrogen-bond acceptors (Lipinski definition) is 2. The normalized spacial score (nSPS) is 27.0. The smallest absolute Gasteiger partial charge is 0.109 e. The molecule has 1 aliphatic rings. The minimum absolute atomic E-state index is 0.433. The molecule has 0 aromatic carbocycles. The number of imidazole rings is 1. The van der Waals surface area contributed by atoms with E-state index in [-0.39, 0.29) is 0 Å².